The number of alkyl halides is 2. The maximum absolute atomic E-state index is 15.2. The lowest BCUT2D eigenvalue weighted by Crippen LogP contribution is -2.51. The molecule has 168 valence electrons. The maximum atomic E-state index is 15.2. The van der Waals surface area contributed by atoms with Crippen LogP contribution in [-0.4, -0.2) is 59.0 Å². The molecule has 0 aromatic carbocycles. The van der Waals surface area contributed by atoms with Crippen LogP contribution in [0.15, 0.2) is 17.1 Å². The van der Waals surface area contributed by atoms with Crippen molar-refractivity contribution in [1.29, 1.82) is 0 Å². The largest absolute Gasteiger partial charge is 0.510 e. The molecule has 2 N–H and O–H groups in total. The Labute approximate surface area is 174 Å². The van der Waals surface area contributed by atoms with Crippen LogP contribution in [0.1, 0.15) is 20.1 Å². The number of phosphoric ester groups is 1. The highest BCUT2D eigenvalue weighted by atomic mass is 35.5. The Bertz CT molecular complexity index is 902. The Morgan fingerprint density at radius 2 is 2.30 bits per heavy atom. The third-order valence-corrected chi connectivity index (χ3v) is 6.02. The fraction of sp³-hybridized carbons (Fsp3) is 0.667. The van der Waals surface area contributed by atoms with Crippen molar-refractivity contribution in [3.05, 3.63) is 22.7 Å². The molecule has 2 saturated heterocycles. The van der Waals surface area contributed by atoms with E-state index in [2.05, 4.69) is 9.72 Å². The highest BCUT2D eigenvalue weighted by molar-refractivity contribution is 7.48. The first kappa shape index (κ1) is 22.9. The molecular formula is C15H20ClFN3O9P. The summed E-state index contributed by atoms with van der Waals surface area (Å²) in [4.78, 5) is 26.9. The standard InChI is InChI=1S/C15H20ClFN3O9P/c1-8(2)27-14(22)24-7-26-30(23)25-6-15(5-16)11(29-30)10(17)12(28-15)20-4-3-9(18)19-13(20)21/h3-4,8,10-12H,5-7H2,1-2H3,(H2,18,19,21)/t10-,11-,12+,15+,30?/m0/s1. The Hall–Kier alpha value is -1.76. The van der Waals surface area contributed by atoms with E-state index in [1.807, 2.05) is 0 Å². The number of aromatic nitrogens is 2. The molecule has 12 nitrogen and oxygen atoms in total. The first-order valence-electron chi connectivity index (χ1n) is 8.72. The number of nitrogens with two attached hydrogens (primary N) is 1. The lowest BCUT2D eigenvalue weighted by Gasteiger charge is -2.38. The Balaban J connectivity index is 1.72. The number of nitrogen functional groups attached to an aromatic ring is 1. The summed E-state index contributed by atoms with van der Waals surface area (Å²) in [6, 6.07) is 1.28. The number of carbonyl (C=O) groups is 1. The van der Waals surface area contributed by atoms with Gasteiger partial charge in [0.1, 0.15) is 17.5 Å². The second-order valence-corrected chi connectivity index (χ2v) is 8.64. The number of fused-ring (bicyclic) bond motifs is 1. The van der Waals surface area contributed by atoms with Crippen molar-refractivity contribution in [2.24, 2.45) is 0 Å². The van der Waals surface area contributed by atoms with Gasteiger partial charge in [-0.1, -0.05) is 0 Å². The van der Waals surface area contributed by atoms with Gasteiger partial charge in [0.25, 0.3) is 0 Å². The molecule has 2 aliphatic rings. The van der Waals surface area contributed by atoms with E-state index in [1.165, 1.54) is 12.3 Å². The topological polar surface area (TPSA) is 150 Å². The highest BCUT2D eigenvalue weighted by Gasteiger charge is 2.63. The van der Waals surface area contributed by atoms with E-state index in [0.717, 1.165) is 4.57 Å². The summed E-state index contributed by atoms with van der Waals surface area (Å²) in [7, 11) is -4.34. The van der Waals surface area contributed by atoms with Gasteiger partial charge in [-0.15, -0.1) is 11.6 Å². The first-order chi connectivity index (χ1) is 14.1. The van der Waals surface area contributed by atoms with Gasteiger partial charge in [0.05, 0.1) is 18.6 Å². The second-order valence-electron chi connectivity index (χ2n) is 6.75. The third-order valence-electron chi connectivity index (χ3n) is 4.22. The minimum Gasteiger partial charge on any atom is -0.432 e. The average Bonchev–Trinajstić information content (AvgIpc) is 2.94. The molecular weight excluding hydrogens is 452 g/mol. The van der Waals surface area contributed by atoms with Crippen LogP contribution in [0.2, 0.25) is 0 Å². The van der Waals surface area contributed by atoms with Crippen LogP contribution >= 0.6 is 19.4 Å². The van der Waals surface area contributed by atoms with E-state index in [0.29, 0.717) is 0 Å². The van der Waals surface area contributed by atoms with Gasteiger partial charge >= 0.3 is 19.7 Å². The predicted molar refractivity (Wildman–Crippen MR) is 98.5 cm³/mol. The van der Waals surface area contributed by atoms with Gasteiger partial charge in [0.15, 0.2) is 12.4 Å². The molecule has 1 aromatic rings. The summed E-state index contributed by atoms with van der Waals surface area (Å²) in [6.07, 6.45) is -5.28. The zero-order valence-corrected chi connectivity index (χ0v) is 17.6. The number of halogens is 2. The number of hydrogen-bond donors (Lipinski definition) is 1. The average molecular weight is 472 g/mol. The number of nitrogens with zero attached hydrogens (tertiary/aromatic N) is 2. The summed E-state index contributed by atoms with van der Waals surface area (Å²) >= 11 is 5.95. The van der Waals surface area contributed by atoms with E-state index in [-0.39, 0.29) is 11.7 Å². The van der Waals surface area contributed by atoms with Crippen molar-refractivity contribution in [2.45, 2.75) is 44.1 Å². The van der Waals surface area contributed by atoms with Crippen LogP contribution in [0.3, 0.4) is 0 Å². The van der Waals surface area contributed by atoms with Crippen LogP contribution in [0.5, 0.6) is 0 Å². The summed E-state index contributed by atoms with van der Waals surface area (Å²) in [6.45, 7) is 1.90. The molecule has 3 heterocycles. The van der Waals surface area contributed by atoms with Crippen molar-refractivity contribution in [2.75, 3.05) is 25.0 Å². The second kappa shape index (κ2) is 8.77. The molecule has 0 amide bonds. The van der Waals surface area contributed by atoms with Gasteiger partial charge in [-0.05, 0) is 19.9 Å². The smallest absolute Gasteiger partial charge is 0.432 e. The molecule has 30 heavy (non-hydrogen) atoms. The number of ether oxygens (including phenoxy) is 3. The van der Waals surface area contributed by atoms with Gasteiger partial charge in [-0.25, -0.2) is 23.1 Å². The van der Waals surface area contributed by atoms with E-state index >= 15 is 4.39 Å². The van der Waals surface area contributed by atoms with Crippen molar-refractivity contribution in [3.8, 4) is 0 Å². The first-order valence-corrected chi connectivity index (χ1v) is 10.7. The predicted octanol–water partition coefficient (Wildman–Crippen LogP) is 1.73. The van der Waals surface area contributed by atoms with Crippen LogP contribution in [0.4, 0.5) is 15.0 Å². The van der Waals surface area contributed by atoms with Crippen LogP contribution in [-0.2, 0) is 32.3 Å². The zero-order chi connectivity index (χ0) is 22.1. The molecule has 3 rings (SSSR count). The summed E-state index contributed by atoms with van der Waals surface area (Å²) < 4.78 is 58.9. The van der Waals surface area contributed by atoms with Crippen LogP contribution in [0, 0.1) is 0 Å². The fourth-order valence-corrected chi connectivity index (χ4v) is 4.48. The molecule has 0 spiro atoms. The fourth-order valence-electron chi connectivity index (χ4n) is 2.85. The van der Waals surface area contributed by atoms with E-state index in [9.17, 15) is 14.2 Å². The lowest BCUT2D eigenvalue weighted by atomic mass is 9.99. The summed E-state index contributed by atoms with van der Waals surface area (Å²) in [5.41, 5.74) is 3.02. The van der Waals surface area contributed by atoms with Crippen molar-refractivity contribution < 1.29 is 41.5 Å². The number of anilines is 1. The van der Waals surface area contributed by atoms with E-state index in [4.69, 9.17) is 40.4 Å². The molecule has 0 radical (unpaired) electrons. The van der Waals surface area contributed by atoms with Crippen molar-refractivity contribution >= 4 is 31.4 Å². The molecule has 0 aliphatic carbocycles. The minimum atomic E-state index is -4.34. The Morgan fingerprint density at radius 3 is 2.93 bits per heavy atom. The number of phosphoric acid groups is 1. The zero-order valence-electron chi connectivity index (χ0n) is 15.9. The third kappa shape index (κ3) is 4.61. The minimum absolute atomic E-state index is 0.0531. The van der Waals surface area contributed by atoms with E-state index < -0.39 is 63.3 Å². The molecule has 1 unspecified atom stereocenters. The van der Waals surface area contributed by atoms with Crippen LogP contribution < -0.4 is 11.4 Å². The molecule has 5 atom stereocenters. The molecule has 1 aromatic heterocycles. The quantitative estimate of drug-likeness (QED) is 0.279. The maximum Gasteiger partial charge on any atom is 0.510 e. The molecule has 0 bridgehead atoms. The SMILES string of the molecule is CC(C)OC(=O)OCOP1(=O)OC[C@@]2(CCl)O[C@@H](n3ccc(N)nc3=O)[C@@H](F)[C@@H]2O1. The Morgan fingerprint density at radius 1 is 1.57 bits per heavy atom. The molecule has 2 fully saturated rings. The number of rotatable bonds is 6. The number of carbonyl (C=O) groups excluding carboxylic acids is 1. The molecule has 0 saturated carbocycles. The van der Waals surface area contributed by atoms with Gasteiger partial charge in [-0.3, -0.25) is 13.6 Å². The Kier molecular flexibility index (Phi) is 6.70. The highest BCUT2D eigenvalue weighted by Crippen LogP contribution is 2.60. The number of hydrogen-bond acceptors (Lipinski definition) is 11. The molecule has 2 aliphatic heterocycles. The van der Waals surface area contributed by atoms with Gasteiger partial charge < -0.3 is 19.9 Å². The van der Waals surface area contributed by atoms with Gasteiger partial charge in [0, 0.05) is 6.20 Å². The summed E-state index contributed by atoms with van der Waals surface area (Å²) in [5, 5.41) is 0. The normalized spacial score (nSPS) is 33.3. The van der Waals surface area contributed by atoms with Crippen molar-refractivity contribution in [3.63, 3.8) is 0 Å². The summed E-state index contributed by atoms with van der Waals surface area (Å²) in [5.74, 6) is -0.356. The van der Waals surface area contributed by atoms with Gasteiger partial charge in [0.2, 0.25) is 6.79 Å². The molecule has 15 heteroatoms. The lowest BCUT2D eigenvalue weighted by molar-refractivity contribution is -0.139. The van der Waals surface area contributed by atoms with Crippen LogP contribution in [0.25, 0.3) is 0 Å². The van der Waals surface area contributed by atoms with E-state index in [1.54, 1.807) is 13.8 Å². The van der Waals surface area contributed by atoms with Crippen molar-refractivity contribution in [1.82, 2.24) is 9.55 Å². The monoisotopic (exact) mass is 471 g/mol. The van der Waals surface area contributed by atoms with Gasteiger partial charge in [-0.2, -0.15) is 4.98 Å².